The fourth-order valence-electron chi connectivity index (χ4n) is 1.90. The number of hydrogen-bond acceptors (Lipinski definition) is 4. The topological polar surface area (TPSA) is 48.7 Å². The average Bonchev–Trinajstić information content (AvgIpc) is 2.82. The van der Waals surface area contributed by atoms with E-state index in [2.05, 4.69) is 10.3 Å². The van der Waals surface area contributed by atoms with Crippen LogP contribution in [-0.4, -0.2) is 4.98 Å². The standard InChI is InChI=1S/C15H10FN3S/c1-9-2-5-14-13(6-9)19-15(20-14)18-11-3-4-12(16)10(7-11)8-17/h2-7H,1H3,(H,18,19). The van der Waals surface area contributed by atoms with Gasteiger partial charge in [0.25, 0.3) is 0 Å². The van der Waals surface area contributed by atoms with Crippen molar-refractivity contribution in [1.82, 2.24) is 4.98 Å². The summed E-state index contributed by atoms with van der Waals surface area (Å²) in [7, 11) is 0. The van der Waals surface area contributed by atoms with E-state index in [0.29, 0.717) is 5.69 Å². The third-order valence-electron chi connectivity index (χ3n) is 2.88. The van der Waals surface area contributed by atoms with Gasteiger partial charge in [-0.15, -0.1) is 0 Å². The van der Waals surface area contributed by atoms with Crippen LogP contribution in [0.15, 0.2) is 36.4 Å². The Labute approximate surface area is 119 Å². The molecular weight excluding hydrogens is 273 g/mol. The first-order valence-electron chi connectivity index (χ1n) is 5.99. The number of nitrogens with one attached hydrogen (secondary N) is 1. The summed E-state index contributed by atoms with van der Waals surface area (Å²) in [4.78, 5) is 4.48. The van der Waals surface area contributed by atoms with Crippen LogP contribution in [0.2, 0.25) is 0 Å². The molecule has 0 aliphatic rings. The number of benzene rings is 2. The molecule has 20 heavy (non-hydrogen) atoms. The molecule has 0 aliphatic heterocycles. The number of aryl methyl sites for hydroxylation is 1. The lowest BCUT2D eigenvalue weighted by Crippen LogP contribution is -1.91. The first-order chi connectivity index (χ1) is 9.65. The first-order valence-corrected chi connectivity index (χ1v) is 6.81. The van der Waals surface area contributed by atoms with Crippen molar-refractivity contribution >= 4 is 32.4 Å². The van der Waals surface area contributed by atoms with Crippen molar-refractivity contribution in [3.63, 3.8) is 0 Å². The zero-order chi connectivity index (χ0) is 14.1. The van der Waals surface area contributed by atoms with E-state index < -0.39 is 5.82 Å². The molecule has 0 aliphatic carbocycles. The van der Waals surface area contributed by atoms with Crippen LogP contribution in [0.25, 0.3) is 10.2 Å². The molecule has 0 spiro atoms. The van der Waals surface area contributed by atoms with Gasteiger partial charge in [0.1, 0.15) is 11.9 Å². The van der Waals surface area contributed by atoms with E-state index in [1.54, 1.807) is 6.07 Å². The number of hydrogen-bond donors (Lipinski definition) is 1. The Morgan fingerprint density at radius 1 is 1.25 bits per heavy atom. The molecule has 0 unspecified atom stereocenters. The van der Waals surface area contributed by atoms with Crippen LogP contribution in [0.1, 0.15) is 11.1 Å². The number of aromatic nitrogens is 1. The highest BCUT2D eigenvalue weighted by molar-refractivity contribution is 7.22. The molecule has 0 saturated carbocycles. The summed E-state index contributed by atoms with van der Waals surface area (Å²) in [5.41, 5.74) is 2.76. The Morgan fingerprint density at radius 2 is 2.10 bits per heavy atom. The van der Waals surface area contributed by atoms with Gasteiger partial charge < -0.3 is 5.32 Å². The van der Waals surface area contributed by atoms with Gasteiger partial charge in [0, 0.05) is 5.69 Å². The molecule has 0 atom stereocenters. The van der Waals surface area contributed by atoms with E-state index in [1.807, 2.05) is 31.2 Å². The highest BCUT2D eigenvalue weighted by Gasteiger charge is 2.06. The summed E-state index contributed by atoms with van der Waals surface area (Å²) in [5, 5.41) is 12.7. The second-order valence-corrected chi connectivity index (χ2v) is 5.45. The van der Waals surface area contributed by atoms with Gasteiger partial charge in [-0.25, -0.2) is 9.37 Å². The third kappa shape index (κ3) is 2.33. The van der Waals surface area contributed by atoms with Crippen LogP contribution in [0.5, 0.6) is 0 Å². The van der Waals surface area contributed by atoms with Crippen molar-refractivity contribution in [3.8, 4) is 6.07 Å². The summed E-state index contributed by atoms with van der Waals surface area (Å²) in [6.45, 7) is 2.02. The summed E-state index contributed by atoms with van der Waals surface area (Å²) in [5.74, 6) is -0.516. The van der Waals surface area contributed by atoms with Crippen LogP contribution < -0.4 is 5.32 Å². The van der Waals surface area contributed by atoms with Crippen molar-refractivity contribution in [2.24, 2.45) is 0 Å². The minimum absolute atomic E-state index is 0.0203. The van der Waals surface area contributed by atoms with Crippen LogP contribution in [0.3, 0.4) is 0 Å². The molecular formula is C15H10FN3S. The van der Waals surface area contributed by atoms with Gasteiger partial charge in [0.15, 0.2) is 5.13 Å². The molecule has 0 bridgehead atoms. The van der Waals surface area contributed by atoms with Gasteiger partial charge in [-0.1, -0.05) is 17.4 Å². The van der Waals surface area contributed by atoms with E-state index >= 15 is 0 Å². The lowest BCUT2D eigenvalue weighted by molar-refractivity contribution is 0.624. The van der Waals surface area contributed by atoms with Crippen LogP contribution in [0, 0.1) is 24.1 Å². The van der Waals surface area contributed by atoms with Gasteiger partial charge in [0.05, 0.1) is 15.8 Å². The highest BCUT2D eigenvalue weighted by Crippen LogP contribution is 2.29. The molecule has 3 rings (SSSR count). The number of thiazole rings is 1. The first kappa shape index (κ1) is 12.6. The summed E-state index contributed by atoms with van der Waals surface area (Å²) >= 11 is 1.52. The normalized spacial score (nSPS) is 10.4. The number of halogens is 1. The molecule has 1 N–H and O–H groups in total. The molecule has 0 fully saturated rings. The molecule has 0 saturated heterocycles. The van der Waals surface area contributed by atoms with Gasteiger partial charge in [-0.3, -0.25) is 0 Å². The van der Waals surface area contributed by atoms with Crippen molar-refractivity contribution in [1.29, 1.82) is 5.26 Å². The Bertz CT molecular complexity index is 833. The number of rotatable bonds is 2. The van der Waals surface area contributed by atoms with E-state index in [0.717, 1.165) is 20.9 Å². The highest BCUT2D eigenvalue weighted by atomic mass is 32.1. The lowest BCUT2D eigenvalue weighted by atomic mass is 10.2. The number of nitriles is 1. The Balaban J connectivity index is 1.95. The largest absolute Gasteiger partial charge is 0.331 e. The molecule has 0 amide bonds. The monoisotopic (exact) mass is 283 g/mol. The fraction of sp³-hybridized carbons (Fsp3) is 0.0667. The maximum atomic E-state index is 13.3. The molecule has 2 aromatic carbocycles. The zero-order valence-electron chi connectivity index (χ0n) is 10.6. The van der Waals surface area contributed by atoms with Gasteiger partial charge in [-0.05, 0) is 42.8 Å². The van der Waals surface area contributed by atoms with Crippen molar-refractivity contribution < 1.29 is 4.39 Å². The summed E-state index contributed by atoms with van der Waals surface area (Å²) in [6.07, 6.45) is 0. The molecule has 98 valence electrons. The van der Waals surface area contributed by atoms with Gasteiger partial charge >= 0.3 is 0 Å². The molecule has 1 heterocycles. The Morgan fingerprint density at radius 3 is 2.90 bits per heavy atom. The van der Waals surface area contributed by atoms with E-state index in [4.69, 9.17) is 5.26 Å². The van der Waals surface area contributed by atoms with Gasteiger partial charge in [-0.2, -0.15) is 5.26 Å². The zero-order valence-corrected chi connectivity index (χ0v) is 11.5. The quantitative estimate of drug-likeness (QED) is 0.760. The second-order valence-electron chi connectivity index (χ2n) is 4.42. The molecule has 3 nitrogen and oxygen atoms in total. The smallest absolute Gasteiger partial charge is 0.188 e. The molecule has 3 aromatic rings. The maximum absolute atomic E-state index is 13.3. The average molecular weight is 283 g/mol. The van der Waals surface area contributed by atoms with E-state index in [1.165, 1.54) is 23.5 Å². The lowest BCUT2D eigenvalue weighted by Gasteiger charge is -2.02. The number of anilines is 2. The van der Waals surface area contributed by atoms with Crippen molar-refractivity contribution in [2.75, 3.05) is 5.32 Å². The number of nitrogens with zero attached hydrogens (tertiary/aromatic N) is 2. The minimum Gasteiger partial charge on any atom is -0.331 e. The predicted octanol–water partition coefficient (Wildman–Crippen LogP) is 4.36. The number of fused-ring (bicyclic) bond motifs is 1. The molecule has 0 radical (unpaired) electrons. The fourth-order valence-corrected chi connectivity index (χ4v) is 2.77. The second kappa shape index (κ2) is 4.91. The predicted molar refractivity (Wildman–Crippen MR) is 78.8 cm³/mol. The van der Waals surface area contributed by atoms with Crippen molar-refractivity contribution in [2.45, 2.75) is 6.92 Å². The molecule has 1 aromatic heterocycles. The van der Waals surface area contributed by atoms with Crippen molar-refractivity contribution in [3.05, 3.63) is 53.3 Å². The van der Waals surface area contributed by atoms with Crippen LogP contribution in [0.4, 0.5) is 15.2 Å². The minimum atomic E-state index is -0.516. The van der Waals surface area contributed by atoms with E-state index in [9.17, 15) is 4.39 Å². The summed E-state index contributed by atoms with van der Waals surface area (Å²) in [6, 6.07) is 12.2. The van der Waals surface area contributed by atoms with E-state index in [-0.39, 0.29) is 5.56 Å². The maximum Gasteiger partial charge on any atom is 0.188 e. The summed E-state index contributed by atoms with van der Waals surface area (Å²) < 4.78 is 14.3. The SMILES string of the molecule is Cc1ccc2sc(Nc3ccc(F)c(C#N)c3)nc2c1. The Kier molecular flexibility index (Phi) is 3.09. The van der Waals surface area contributed by atoms with Crippen LogP contribution in [-0.2, 0) is 0 Å². The van der Waals surface area contributed by atoms with Crippen LogP contribution >= 0.6 is 11.3 Å². The Hall–Kier alpha value is -2.45. The molecule has 5 heteroatoms. The van der Waals surface area contributed by atoms with Gasteiger partial charge in [0.2, 0.25) is 0 Å². The third-order valence-corrected chi connectivity index (χ3v) is 3.83.